The minimum Gasteiger partial charge on any atom is -0.493 e. The molecule has 0 bridgehead atoms. The van der Waals surface area contributed by atoms with E-state index < -0.39 is 18.0 Å². The van der Waals surface area contributed by atoms with Gasteiger partial charge in [0.25, 0.3) is 5.91 Å². The normalized spacial score (nSPS) is 14.9. The maximum atomic E-state index is 12.2. The quantitative estimate of drug-likeness (QED) is 0.863. The summed E-state index contributed by atoms with van der Waals surface area (Å²) in [5.74, 6) is -1.14. The van der Waals surface area contributed by atoms with E-state index in [1.807, 2.05) is 32.9 Å². The van der Waals surface area contributed by atoms with Crippen LogP contribution in [0.15, 0.2) is 24.2 Å². The monoisotopic (exact) mass is 319 g/mol. The fourth-order valence-electron chi connectivity index (χ4n) is 2.35. The van der Waals surface area contributed by atoms with Crippen LogP contribution in [-0.4, -0.2) is 31.2 Å². The van der Waals surface area contributed by atoms with Gasteiger partial charge in [-0.15, -0.1) is 0 Å². The van der Waals surface area contributed by atoms with E-state index in [0.717, 1.165) is 22.4 Å². The van der Waals surface area contributed by atoms with Gasteiger partial charge in [0.15, 0.2) is 6.10 Å². The summed E-state index contributed by atoms with van der Waals surface area (Å²) in [6.45, 7) is 8.02. The van der Waals surface area contributed by atoms with Gasteiger partial charge in [-0.2, -0.15) is 0 Å². The Morgan fingerprint density at radius 3 is 2.39 bits per heavy atom. The molecule has 23 heavy (non-hydrogen) atoms. The van der Waals surface area contributed by atoms with Crippen molar-refractivity contribution in [1.82, 2.24) is 0 Å². The number of anilines is 1. The van der Waals surface area contributed by atoms with Crippen LogP contribution in [0, 0.1) is 20.8 Å². The van der Waals surface area contributed by atoms with E-state index in [0.29, 0.717) is 6.61 Å². The fraction of sp³-hybridized carbons (Fsp3) is 0.412. The molecule has 1 atom stereocenters. The van der Waals surface area contributed by atoms with Gasteiger partial charge >= 0.3 is 5.97 Å². The van der Waals surface area contributed by atoms with Crippen molar-refractivity contribution < 1.29 is 23.8 Å². The summed E-state index contributed by atoms with van der Waals surface area (Å²) in [6, 6.07) is 3.97. The lowest BCUT2D eigenvalue weighted by Gasteiger charge is -2.18. The molecular weight excluding hydrogens is 298 g/mol. The van der Waals surface area contributed by atoms with Crippen LogP contribution in [0.4, 0.5) is 5.69 Å². The lowest BCUT2D eigenvalue weighted by molar-refractivity contribution is -0.153. The number of nitrogens with one attached hydrogen (secondary N) is 1. The van der Waals surface area contributed by atoms with Crippen LogP contribution in [0.25, 0.3) is 0 Å². The molecule has 124 valence electrons. The van der Waals surface area contributed by atoms with Gasteiger partial charge in [-0.05, 0) is 38.8 Å². The molecule has 0 saturated heterocycles. The van der Waals surface area contributed by atoms with Crippen molar-refractivity contribution in [2.45, 2.75) is 33.8 Å². The third-order valence-corrected chi connectivity index (χ3v) is 3.43. The molecule has 1 aromatic carbocycles. The molecule has 0 radical (unpaired) electrons. The van der Waals surface area contributed by atoms with Gasteiger partial charge in [-0.3, -0.25) is 4.79 Å². The van der Waals surface area contributed by atoms with Crippen molar-refractivity contribution in [2.24, 2.45) is 0 Å². The highest BCUT2D eigenvalue weighted by molar-refractivity contribution is 5.97. The minimum atomic E-state index is -0.950. The molecule has 0 aliphatic carbocycles. The Balaban J connectivity index is 2.00. The molecule has 1 N–H and O–H groups in total. The van der Waals surface area contributed by atoms with E-state index in [1.165, 1.54) is 13.2 Å². The third-order valence-electron chi connectivity index (χ3n) is 3.43. The summed E-state index contributed by atoms with van der Waals surface area (Å²) < 4.78 is 15.2. The zero-order valence-electron chi connectivity index (χ0n) is 13.8. The van der Waals surface area contributed by atoms with Gasteiger partial charge in [-0.25, -0.2) is 4.79 Å². The van der Waals surface area contributed by atoms with Crippen LogP contribution < -0.4 is 5.32 Å². The Bertz CT molecular complexity index is 627. The van der Waals surface area contributed by atoms with E-state index in [-0.39, 0.29) is 12.4 Å². The number of hydrogen-bond donors (Lipinski definition) is 1. The molecule has 0 fully saturated rings. The number of carbonyl (C=O) groups is 2. The largest absolute Gasteiger partial charge is 0.493 e. The maximum absolute atomic E-state index is 12.2. The van der Waals surface area contributed by atoms with Crippen LogP contribution >= 0.6 is 0 Å². The van der Waals surface area contributed by atoms with Crippen molar-refractivity contribution >= 4 is 17.6 Å². The van der Waals surface area contributed by atoms with Gasteiger partial charge < -0.3 is 19.5 Å². The summed E-state index contributed by atoms with van der Waals surface area (Å²) in [6.07, 6.45) is 0.249. The van der Waals surface area contributed by atoms with Gasteiger partial charge in [-0.1, -0.05) is 17.7 Å². The Morgan fingerprint density at radius 1 is 1.17 bits per heavy atom. The molecule has 1 aromatic rings. The third kappa shape index (κ3) is 4.25. The molecule has 0 unspecified atom stereocenters. The molecule has 6 heteroatoms. The molecular formula is C17H21NO5. The van der Waals surface area contributed by atoms with E-state index in [1.54, 1.807) is 0 Å². The molecule has 0 aromatic heterocycles. The van der Waals surface area contributed by atoms with Crippen LogP contribution in [0.5, 0.6) is 0 Å². The van der Waals surface area contributed by atoms with Crippen LogP contribution in [0.3, 0.4) is 0 Å². The van der Waals surface area contributed by atoms with E-state index in [2.05, 4.69) is 5.32 Å². The highest BCUT2D eigenvalue weighted by Crippen LogP contribution is 2.22. The average Bonchev–Trinajstić information content (AvgIpc) is 2.51. The minimum absolute atomic E-state index is 0.0291. The summed E-state index contributed by atoms with van der Waals surface area (Å²) in [4.78, 5) is 24.1. The molecule has 2 rings (SSSR count). The Labute approximate surface area is 135 Å². The van der Waals surface area contributed by atoms with Crippen molar-refractivity contribution in [3.8, 4) is 0 Å². The van der Waals surface area contributed by atoms with Crippen molar-refractivity contribution in [2.75, 3.05) is 18.5 Å². The molecule has 1 aliphatic heterocycles. The summed E-state index contributed by atoms with van der Waals surface area (Å²) in [5.41, 5.74) is 3.78. The van der Waals surface area contributed by atoms with Gasteiger partial charge in [0.05, 0.1) is 0 Å². The van der Waals surface area contributed by atoms with Gasteiger partial charge in [0.2, 0.25) is 5.76 Å². The van der Waals surface area contributed by atoms with E-state index in [4.69, 9.17) is 14.2 Å². The number of esters is 1. The summed E-state index contributed by atoms with van der Waals surface area (Å²) in [7, 11) is 0. The second-order valence-corrected chi connectivity index (χ2v) is 5.51. The van der Waals surface area contributed by atoms with E-state index >= 15 is 0 Å². The highest BCUT2D eigenvalue weighted by Gasteiger charge is 2.24. The molecule has 1 heterocycles. The first-order valence-corrected chi connectivity index (χ1v) is 7.42. The Morgan fingerprint density at radius 2 is 1.83 bits per heavy atom. The predicted molar refractivity (Wildman–Crippen MR) is 84.8 cm³/mol. The Hall–Kier alpha value is -2.50. The zero-order chi connectivity index (χ0) is 17.0. The number of rotatable bonds is 4. The average molecular weight is 319 g/mol. The first-order chi connectivity index (χ1) is 10.9. The maximum Gasteiger partial charge on any atom is 0.377 e. The molecule has 6 nitrogen and oxygen atoms in total. The number of ether oxygens (including phenoxy) is 3. The van der Waals surface area contributed by atoms with Crippen LogP contribution in [0.2, 0.25) is 0 Å². The molecule has 1 amide bonds. The smallest absolute Gasteiger partial charge is 0.377 e. The SMILES string of the molecule is Cc1cc(C)c(NC(=O)[C@@H](C)OC(=O)C2=COCCO2)c(C)c1. The van der Waals surface area contributed by atoms with Crippen molar-refractivity contribution in [3.05, 3.63) is 40.8 Å². The summed E-state index contributed by atoms with van der Waals surface area (Å²) >= 11 is 0. The fourth-order valence-corrected chi connectivity index (χ4v) is 2.35. The second-order valence-electron chi connectivity index (χ2n) is 5.51. The first-order valence-electron chi connectivity index (χ1n) is 7.42. The Kier molecular flexibility index (Phi) is 5.26. The van der Waals surface area contributed by atoms with Crippen LogP contribution in [-0.2, 0) is 23.8 Å². The standard InChI is InChI=1S/C17H21NO5/c1-10-7-11(2)15(12(3)8-10)18-16(19)13(4)23-17(20)14-9-21-5-6-22-14/h7-9,13H,5-6H2,1-4H3,(H,18,19)/t13-/m1/s1. The number of benzene rings is 1. The number of aryl methyl sites for hydroxylation is 3. The molecule has 0 saturated carbocycles. The second kappa shape index (κ2) is 7.17. The molecule has 1 aliphatic rings. The number of amides is 1. The number of carbonyl (C=O) groups excluding carboxylic acids is 2. The lowest BCUT2D eigenvalue weighted by atomic mass is 10.0. The topological polar surface area (TPSA) is 73.9 Å². The zero-order valence-corrected chi connectivity index (χ0v) is 13.8. The van der Waals surface area contributed by atoms with E-state index in [9.17, 15) is 9.59 Å². The van der Waals surface area contributed by atoms with Gasteiger partial charge in [0, 0.05) is 5.69 Å². The first kappa shape index (κ1) is 16.9. The summed E-state index contributed by atoms with van der Waals surface area (Å²) in [5, 5.41) is 2.81. The lowest BCUT2D eigenvalue weighted by Crippen LogP contribution is -2.31. The van der Waals surface area contributed by atoms with Gasteiger partial charge in [0.1, 0.15) is 19.5 Å². The highest BCUT2D eigenvalue weighted by atomic mass is 16.6. The van der Waals surface area contributed by atoms with Crippen LogP contribution in [0.1, 0.15) is 23.6 Å². The number of hydrogen-bond acceptors (Lipinski definition) is 5. The predicted octanol–water partition coefficient (Wildman–Crippen LogP) is 2.37. The van der Waals surface area contributed by atoms with Crippen molar-refractivity contribution in [1.29, 1.82) is 0 Å². The molecule has 0 spiro atoms. The van der Waals surface area contributed by atoms with Crippen molar-refractivity contribution in [3.63, 3.8) is 0 Å².